The van der Waals surface area contributed by atoms with Crippen molar-refractivity contribution in [2.45, 2.75) is 18.9 Å². The number of amides is 1. The molecular formula is C22H23N3OS3. The third-order valence-corrected chi connectivity index (χ3v) is 9.10. The summed E-state index contributed by atoms with van der Waals surface area (Å²) in [5, 5.41) is 3.07. The summed E-state index contributed by atoms with van der Waals surface area (Å²) < 4.78 is 0. The van der Waals surface area contributed by atoms with Crippen LogP contribution in [0.1, 0.15) is 29.2 Å². The lowest BCUT2D eigenvalue weighted by Crippen LogP contribution is -2.43. The summed E-state index contributed by atoms with van der Waals surface area (Å²) in [4.78, 5) is 19.5. The van der Waals surface area contributed by atoms with Gasteiger partial charge in [-0.3, -0.25) is 10.1 Å². The third kappa shape index (κ3) is 4.68. The average molecular weight is 442 g/mol. The molecule has 2 aliphatic heterocycles. The van der Waals surface area contributed by atoms with Crippen molar-refractivity contribution in [3.05, 3.63) is 77.9 Å². The van der Waals surface area contributed by atoms with Gasteiger partial charge in [-0.1, -0.05) is 70.1 Å². The first-order valence-corrected chi connectivity index (χ1v) is 13.4. The van der Waals surface area contributed by atoms with Crippen LogP contribution in [0.5, 0.6) is 0 Å². The van der Waals surface area contributed by atoms with E-state index in [1.54, 1.807) is 31.4 Å². The highest BCUT2D eigenvalue weighted by Crippen LogP contribution is 2.39. The summed E-state index contributed by atoms with van der Waals surface area (Å²) in [7, 11) is 5.15. The molecule has 7 heteroatoms. The quantitative estimate of drug-likeness (QED) is 0.362. The Kier molecular flexibility index (Phi) is 6.90. The molecule has 0 aliphatic carbocycles. The third-order valence-electron chi connectivity index (χ3n) is 4.95. The van der Waals surface area contributed by atoms with Crippen LogP contribution in [0.3, 0.4) is 0 Å². The maximum absolute atomic E-state index is 12.5. The van der Waals surface area contributed by atoms with Gasteiger partial charge in [0.2, 0.25) is 11.9 Å². The average Bonchev–Trinajstić information content (AvgIpc) is 3.08. The summed E-state index contributed by atoms with van der Waals surface area (Å²) in [6, 6.07) is 17.1. The van der Waals surface area contributed by atoms with E-state index in [0.29, 0.717) is 18.9 Å². The SMILES string of the molecule is C=CCSSSCCC(=O)NC1=NCC2c3ccccc3Cc3ccccc3N12. The number of anilines is 1. The Balaban J connectivity index is 1.47. The van der Waals surface area contributed by atoms with E-state index in [0.717, 1.165) is 23.6 Å². The number of hydrogen-bond donors (Lipinski definition) is 1. The zero-order valence-corrected chi connectivity index (χ0v) is 18.5. The van der Waals surface area contributed by atoms with Crippen molar-refractivity contribution in [1.29, 1.82) is 0 Å². The molecule has 1 amide bonds. The van der Waals surface area contributed by atoms with Crippen LogP contribution in [0.15, 0.2) is 66.2 Å². The smallest absolute Gasteiger partial charge is 0.227 e. The van der Waals surface area contributed by atoms with E-state index >= 15 is 0 Å². The first kappa shape index (κ1) is 20.4. The van der Waals surface area contributed by atoms with Crippen LogP contribution >= 0.6 is 31.4 Å². The number of fused-ring (bicyclic) bond motifs is 5. The van der Waals surface area contributed by atoms with Crippen molar-refractivity contribution in [2.75, 3.05) is 23.0 Å². The molecule has 150 valence electrons. The number of para-hydroxylation sites is 1. The predicted molar refractivity (Wildman–Crippen MR) is 129 cm³/mol. The molecule has 4 rings (SSSR count). The van der Waals surface area contributed by atoms with Crippen LogP contribution in [0.4, 0.5) is 5.69 Å². The standard InChI is InChI=1S/C22H23N3OS3/c1-2-12-27-29-28-13-11-21(26)24-22-23-15-20-18-9-5-3-7-16(18)14-17-8-4-6-10-19(17)25(20)22/h2-10,20H,1,11-15H2,(H,23,24,26). The summed E-state index contributed by atoms with van der Waals surface area (Å²) in [5.74, 6) is 2.37. The molecule has 1 N–H and O–H groups in total. The normalized spacial score (nSPS) is 16.9. The zero-order valence-electron chi connectivity index (χ0n) is 16.0. The van der Waals surface area contributed by atoms with E-state index in [1.165, 1.54) is 16.7 Å². The monoisotopic (exact) mass is 441 g/mol. The number of carbonyl (C=O) groups is 1. The molecule has 2 heterocycles. The molecule has 2 aromatic rings. The van der Waals surface area contributed by atoms with E-state index in [9.17, 15) is 4.79 Å². The number of guanidine groups is 1. The Bertz CT molecular complexity index is 931. The van der Waals surface area contributed by atoms with Crippen molar-refractivity contribution in [3.63, 3.8) is 0 Å². The second-order valence-electron chi connectivity index (χ2n) is 6.82. The number of nitrogens with one attached hydrogen (secondary N) is 1. The minimum absolute atomic E-state index is 0.0150. The van der Waals surface area contributed by atoms with E-state index in [2.05, 4.69) is 65.3 Å². The molecule has 29 heavy (non-hydrogen) atoms. The van der Waals surface area contributed by atoms with E-state index in [1.807, 2.05) is 6.08 Å². The molecule has 0 spiro atoms. The highest BCUT2D eigenvalue weighted by Gasteiger charge is 2.35. The fourth-order valence-corrected chi connectivity index (χ4v) is 7.08. The van der Waals surface area contributed by atoms with Crippen molar-refractivity contribution >= 4 is 49.0 Å². The van der Waals surface area contributed by atoms with Gasteiger partial charge in [-0.25, -0.2) is 4.99 Å². The van der Waals surface area contributed by atoms with Gasteiger partial charge in [0.25, 0.3) is 0 Å². The number of nitrogens with zero attached hydrogens (tertiary/aromatic N) is 2. The molecule has 1 unspecified atom stereocenters. The second kappa shape index (κ2) is 9.78. The van der Waals surface area contributed by atoms with E-state index in [-0.39, 0.29) is 11.9 Å². The second-order valence-corrected chi connectivity index (χ2v) is 11.2. The van der Waals surface area contributed by atoms with Crippen LogP contribution in [0, 0.1) is 0 Å². The first-order chi connectivity index (χ1) is 14.3. The largest absolute Gasteiger partial charge is 0.303 e. The maximum Gasteiger partial charge on any atom is 0.227 e. The molecule has 1 atom stereocenters. The summed E-state index contributed by atoms with van der Waals surface area (Å²) >= 11 is 0. The van der Waals surface area contributed by atoms with Gasteiger partial charge in [0, 0.05) is 23.6 Å². The van der Waals surface area contributed by atoms with Crippen LogP contribution in [-0.4, -0.2) is 29.9 Å². The number of aliphatic imine (C=N–C) groups is 1. The fraction of sp³-hybridized carbons (Fsp3) is 0.273. The zero-order chi connectivity index (χ0) is 20.1. The molecule has 2 aliphatic rings. The summed E-state index contributed by atoms with van der Waals surface area (Å²) in [6.45, 7) is 4.37. The van der Waals surface area contributed by atoms with Crippen molar-refractivity contribution < 1.29 is 4.79 Å². The number of hydrogen-bond acceptors (Lipinski definition) is 6. The Morgan fingerprint density at radius 1 is 1.17 bits per heavy atom. The molecule has 0 saturated heterocycles. The molecule has 0 saturated carbocycles. The van der Waals surface area contributed by atoms with Gasteiger partial charge in [0.1, 0.15) is 0 Å². The van der Waals surface area contributed by atoms with E-state index in [4.69, 9.17) is 4.99 Å². The van der Waals surface area contributed by atoms with Crippen LogP contribution in [-0.2, 0) is 11.2 Å². The van der Waals surface area contributed by atoms with Crippen molar-refractivity contribution in [3.8, 4) is 0 Å². The van der Waals surface area contributed by atoms with Gasteiger partial charge >= 0.3 is 0 Å². The number of carbonyl (C=O) groups excluding carboxylic acids is 1. The van der Waals surface area contributed by atoms with Gasteiger partial charge < -0.3 is 4.90 Å². The highest BCUT2D eigenvalue weighted by molar-refractivity contribution is 9.09. The van der Waals surface area contributed by atoms with Crippen molar-refractivity contribution in [2.24, 2.45) is 4.99 Å². The lowest BCUT2D eigenvalue weighted by molar-refractivity contribution is -0.119. The minimum Gasteiger partial charge on any atom is -0.303 e. The van der Waals surface area contributed by atoms with Gasteiger partial charge in [-0.2, -0.15) is 0 Å². The van der Waals surface area contributed by atoms with Gasteiger partial charge in [-0.05, 0) is 39.0 Å². The Labute approximate surface area is 183 Å². The molecule has 0 radical (unpaired) electrons. The van der Waals surface area contributed by atoms with Gasteiger partial charge in [-0.15, -0.1) is 6.58 Å². The van der Waals surface area contributed by atoms with Gasteiger partial charge in [0.05, 0.1) is 12.6 Å². The van der Waals surface area contributed by atoms with Crippen LogP contribution < -0.4 is 10.2 Å². The molecule has 0 fully saturated rings. The molecule has 2 aromatic carbocycles. The molecule has 4 nitrogen and oxygen atoms in total. The summed E-state index contributed by atoms with van der Waals surface area (Å²) in [6.07, 6.45) is 3.26. The Morgan fingerprint density at radius 3 is 2.83 bits per heavy atom. The minimum atomic E-state index is 0.0150. The lowest BCUT2D eigenvalue weighted by atomic mass is 9.97. The lowest BCUT2D eigenvalue weighted by Gasteiger charge is -2.28. The van der Waals surface area contributed by atoms with Crippen LogP contribution in [0.25, 0.3) is 0 Å². The van der Waals surface area contributed by atoms with Gasteiger partial charge in [0.15, 0.2) is 0 Å². The number of benzene rings is 2. The molecule has 0 bridgehead atoms. The van der Waals surface area contributed by atoms with Crippen molar-refractivity contribution in [1.82, 2.24) is 5.32 Å². The highest BCUT2D eigenvalue weighted by atomic mass is 33.5. The Hall–Kier alpha value is -1.83. The number of rotatable bonds is 7. The van der Waals surface area contributed by atoms with Crippen LogP contribution in [0.2, 0.25) is 0 Å². The maximum atomic E-state index is 12.5. The predicted octanol–water partition coefficient (Wildman–Crippen LogP) is 5.23. The Morgan fingerprint density at radius 2 is 1.97 bits per heavy atom. The molecule has 0 aromatic heterocycles. The fourth-order valence-electron chi connectivity index (χ4n) is 3.68. The molecular weight excluding hydrogens is 418 g/mol. The summed E-state index contributed by atoms with van der Waals surface area (Å²) in [5.41, 5.74) is 5.03. The van der Waals surface area contributed by atoms with E-state index < -0.39 is 0 Å². The first-order valence-electron chi connectivity index (χ1n) is 9.59. The topological polar surface area (TPSA) is 44.7 Å².